The summed E-state index contributed by atoms with van der Waals surface area (Å²) in [5, 5.41) is 0. The highest BCUT2D eigenvalue weighted by Crippen LogP contribution is 2.33. The van der Waals surface area contributed by atoms with Crippen LogP contribution in [0.1, 0.15) is 53.9 Å². The van der Waals surface area contributed by atoms with Gasteiger partial charge in [-0.2, -0.15) is 0 Å². The lowest BCUT2D eigenvalue weighted by Crippen LogP contribution is -2.32. The number of benzene rings is 1. The SMILES string of the molecule is CCCCCN(c1cc(OC(C)C)c(F)cc1N)C(C)C. The molecule has 0 aliphatic heterocycles. The molecule has 1 aromatic rings. The molecule has 1 rings (SSSR count). The molecule has 0 radical (unpaired) electrons. The molecule has 120 valence electrons. The van der Waals surface area contributed by atoms with Crippen molar-refractivity contribution in [1.82, 2.24) is 0 Å². The summed E-state index contributed by atoms with van der Waals surface area (Å²) in [4.78, 5) is 2.22. The average Bonchev–Trinajstić information content (AvgIpc) is 2.38. The number of nitrogens with two attached hydrogens (primary N) is 1. The van der Waals surface area contributed by atoms with E-state index in [1.165, 1.54) is 18.9 Å². The van der Waals surface area contributed by atoms with Crippen LogP contribution in [-0.4, -0.2) is 18.7 Å². The van der Waals surface area contributed by atoms with Crippen molar-refractivity contribution in [2.45, 2.75) is 66.0 Å². The summed E-state index contributed by atoms with van der Waals surface area (Å²) in [6, 6.07) is 3.40. The molecular formula is C17H29FN2O. The highest BCUT2D eigenvalue weighted by Gasteiger charge is 2.17. The Balaban J connectivity index is 3.05. The Morgan fingerprint density at radius 2 is 1.86 bits per heavy atom. The normalized spacial score (nSPS) is 11.2. The Labute approximate surface area is 128 Å². The van der Waals surface area contributed by atoms with Gasteiger partial charge in [-0.3, -0.25) is 0 Å². The van der Waals surface area contributed by atoms with Crippen molar-refractivity contribution < 1.29 is 9.13 Å². The first-order chi connectivity index (χ1) is 9.86. The van der Waals surface area contributed by atoms with Gasteiger partial charge in [-0.25, -0.2) is 4.39 Å². The molecule has 21 heavy (non-hydrogen) atoms. The van der Waals surface area contributed by atoms with Gasteiger partial charge in [0.25, 0.3) is 0 Å². The molecule has 0 spiro atoms. The second-order valence-electron chi connectivity index (χ2n) is 6.00. The van der Waals surface area contributed by atoms with Gasteiger partial charge >= 0.3 is 0 Å². The lowest BCUT2D eigenvalue weighted by atomic mass is 10.1. The minimum absolute atomic E-state index is 0.0661. The molecule has 2 N–H and O–H groups in total. The number of unbranched alkanes of at least 4 members (excludes halogenated alkanes) is 2. The molecule has 0 aliphatic carbocycles. The molecule has 0 saturated carbocycles. The third-order valence-corrected chi connectivity index (χ3v) is 3.38. The third-order valence-electron chi connectivity index (χ3n) is 3.38. The van der Waals surface area contributed by atoms with Crippen molar-refractivity contribution in [3.63, 3.8) is 0 Å². The van der Waals surface area contributed by atoms with Crippen LogP contribution in [0.25, 0.3) is 0 Å². The van der Waals surface area contributed by atoms with E-state index in [4.69, 9.17) is 10.5 Å². The van der Waals surface area contributed by atoms with E-state index in [0.717, 1.165) is 18.7 Å². The fraction of sp³-hybridized carbons (Fsp3) is 0.647. The van der Waals surface area contributed by atoms with Crippen molar-refractivity contribution in [3.8, 4) is 5.75 Å². The van der Waals surface area contributed by atoms with Gasteiger partial charge in [-0.15, -0.1) is 0 Å². The zero-order chi connectivity index (χ0) is 16.0. The Morgan fingerprint density at radius 1 is 1.19 bits per heavy atom. The molecule has 0 unspecified atom stereocenters. The number of nitrogen functional groups attached to an aromatic ring is 1. The largest absolute Gasteiger partial charge is 0.488 e. The maximum Gasteiger partial charge on any atom is 0.167 e. The zero-order valence-corrected chi connectivity index (χ0v) is 13.9. The third kappa shape index (κ3) is 5.10. The first-order valence-electron chi connectivity index (χ1n) is 7.89. The number of hydrogen-bond acceptors (Lipinski definition) is 3. The van der Waals surface area contributed by atoms with Crippen molar-refractivity contribution in [1.29, 1.82) is 0 Å². The minimum atomic E-state index is -0.401. The van der Waals surface area contributed by atoms with Crippen LogP contribution in [-0.2, 0) is 0 Å². The van der Waals surface area contributed by atoms with Crippen molar-refractivity contribution in [2.75, 3.05) is 17.2 Å². The fourth-order valence-corrected chi connectivity index (χ4v) is 2.34. The molecular weight excluding hydrogens is 267 g/mol. The molecule has 0 fully saturated rings. The van der Waals surface area contributed by atoms with Crippen molar-refractivity contribution in [2.24, 2.45) is 0 Å². The standard InChI is InChI=1S/C17H29FN2O/c1-6-7-8-9-20(12(2)3)16-11-17(21-13(4)5)14(18)10-15(16)19/h10-13H,6-9,19H2,1-5H3. The number of nitrogens with zero attached hydrogens (tertiary/aromatic N) is 1. The number of halogens is 1. The average molecular weight is 296 g/mol. The Morgan fingerprint density at radius 3 is 2.38 bits per heavy atom. The van der Waals surface area contributed by atoms with E-state index in [2.05, 4.69) is 25.7 Å². The molecule has 0 heterocycles. The molecule has 1 aromatic carbocycles. The predicted molar refractivity (Wildman–Crippen MR) is 88.6 cm³/mol. The zero-order valence-electron chi connectivity index (χ0n) is 13.9. The highest BCUT2D eigenvalue weighted by atomic mass is 19.1. The highest BCUT2D eigenvalue weighted by molar-refractivity contribution is 5.70. The predicted octanol–water partition coefficient (Wildman–Crippen LogP) is 4.60. The monoisotopic (exact) mass is 296 g/mol. The summed E-state index contributed by atoms with van der Waals surface area (Å²) in [6.45, 7) is 11.1. The van der Waals surface area contributed by atoms with Gasteiger partial charge in [-0.1, -0.05) is 19.8 Å². The first kappa shape index (κ1) is 17.6. The smallest absolute Gasteiger partial charge is 0.167 e. The van der Waals surface area contributed by atoms with E-state index in [0.29, 0.717) is 11.7 Å². The van der Waals surface area contributed by atoms with E-state index in [9.17, 15) is 4.39 Å². The maximum absolute atomic E-state index is 13.9. The van der Waals surface area contributed by atoms with Gasteiger partial charge in [0.15, 0.2) is 11.6 Å². The van der Waals surface area contributed by atoms with Crippen LogP contribution in [0.3, 0.4) is 0 Å². The molecule has 4 heteroatoms. The van der Waals surface area contributed by atoms with Gasteiger partial charge in [0, 0.05) is 24.7 Å². The van der Waals surface area contributed by atoms with E-state index >= 15 is 0 Å². The van der Waals surface area contributed by atoms with Crippen LogP contribution in [0.5, 0.6) is 5.75 Å². The number of rotatable bonds is 8. The molecule has 0 saturated heterocycles. The van der Waals surface area contributed by atoms with Crippen molar-refractivity contribution >= 4 is 11.4 Å². The lowest BCUT2D eigenvalue weighted by molar-refractivity contribution is 0.231. The minimum Gasteiger partial charge on any atom is -0.488 e. The molecule has 0 atom stereocenters. The molecule has 0 bridgehead atoms. The van der Waals surface area contributed by atoms with Gasteiger partial charge in [0.2, 0.25) is 0 Å². The van der Waals surface area contributed by atoms with E-state index in [1.54, 1.807) is 6.07 Å². The Hall–Kier alpha value is -1.45. The fourth-order valence-electron chi connectivity index (χ4n) is 2.34. The van der Waals surface area contributed by atoms with Crippen LogP contribution < -0.4 is 15.4 Å². The molecule has 0 amide bonds. The molecule has 3 nitrogen and oxygen atoms in total. The second-order valence-corrected chi connectivity index (χ2v) is 6.00. The van der Waals surface area contributed by atoms with Gasteiger partial charge in [0.1, 0.15) is 0 Å². The van der Waals surface area contributed by atoms with Crippen LogP contribution in [0.2, 0.25) is 0 Å². The van der Waals surface area contributed by atoms with Crippen LogP contribution in [0.15, 0.2) is 12.1 Å². The summed E-state index contributed by atoms with van der Waals surface area (Å²) in [5.74, 6) is -0.127. The van der Waals surface area contributed by atoms with Crippen LogP contribution >= 0.6 is 0 Å². The van der Waals surface area contributed by atoms with E-state index < -0.39 is 5.82 Å². The van der Waals surface area contributed by atoms with Gasteiger partial charge in [0.05, 0.1) is 17.5 Å². The Bertz CT molecular complexity index is 447. The van der Waals surface area contributed by atoms with Gasteiger partial charge in [-0.05, 0) is 34.1 Å². The molecule has 0 aromatic heterocycles. The maximum atomic E-state index is 13.9. The number of ether oxygens (including phenoxy) is 1. The topological polar surface area (TPSA) is 38.5 Å². The summed E-state index contributed by atoms with van der Waals surface area (Å²) in [5.41, 5.74) is 7.35. The summed E-state index contributed by atoms with van der Waals surface area (Å²) in [6.07, 6.45) is 3.39. The summed E-state index contributed by atoms with van der Waals surface area (Å²) >= 11 is 0. The summed E-state index contributed by atoms with van der Waals surface area (Å²) in [7, 11) is 0. The van der Waals surface area contributed by atoms with Gasteiger partial charge < -0.3 is 15.4 Å². The van der Waals surface area contributed by atoms with E-state index in [1.807, 2.05) is 13.8 Å². The molecule has 0 aliphatic rings. The lowest BCUT2D eigenvalue weighted by Gasteiger charge is -2.31. The van der Waals surface area contributed by atoms with Crippen LogP contribution in [0, 0.1) is 5.82 Å². The Kier molecular flexibility index (Phi) is 6.79. The first-order valence-corrected chi connectivity index (χ1v) is 7.89. The number of anilines is 2. The number of hydrogen-bond donors (Lipinski definition) is 1. The van der Waals surface area contributed by atoms with Crippen LogP contribution in [0.4, 0.5) is 15.8 Å². The van der Waals surface area contributed by atoms with E-state index in [-0.39, 0.29) is 11.9 Å². The second kappa shape index (κ2) is 8.11. The quantitative estimate of drug-likeness (QED) is 0.563. The van der Waals surface area contributed by atoms with Crippen molar-refractivity contribution in [3.05, 3.63) is 17.9 Å². The summed E-state index contributed by atoms with van der Waals surface area (Å²) < 4.78 is 19.5.